The number of piperazine rings is 1. The Kier molecular flexibility index (Phi) is 5.89. The van der Waals surface area contributed by atoms with Gasteiger partial charge in [0, 0.05) is 52.0 Å². The number of amides is 2. The Bertz CT molecular complexity index is 498. The topological polar surface area (TPSA) is 56.8 Å². The second-order valence-electron chi connectivity index (χ2n) is 5.73. The third-order valence-electron chi connectivity index (χ3n) is 4.01. The molecular weight excluding hydrogens is 280 g/mol. The van der Waals surface area contributed by atoms with Gasteiger partial charge >= 0.3 is 0 Å². The molecule has 0 bridgehead atoms. The third-order valence-corrected chi connectivity index (χ3v) is 4.01. The number of carbonyl (C=O) groups excluding carboxylic acids is 2. The lowest BCUT2D eigenvalue weighted by Gasteiger charge is -2.35. The summed E-state index contributed by atoms with van der Waals surface area (Å²) in [5.74, 6) is 0.224. The van der Waals surface area contributed by atoms with Crippen LogP contribution < -0.4 is 0 Å². The summed E-state index contributed by atoms with van der Waals surface area (Å²) in [7, 11) is 1.96. The Hall–Kier alpha value is -1.95. The second-order valence-corrected chi connectivity index (χ2v) is 5.73. The summed E-state index contributed by atoms with van der Waals surface area (Å²) in [6, 6.07) is 3.99. The Morgan fingerprint density at radius 1 is 1.14 bits per heavy atom. The van der Waals surface area contributed by atoms with E-state index in [9.17, 15) is 9.59 Å². The van der Waals surface area contributed by atoms with E-state index in [1.54, 1.807) is 24.2 Å². The van der Waals surface area contributed by atoms with E-state index in [1.807, 2.05) is 29.0 Å². The van der Waals surface area contributed by atoms with Crippen LogP contribution in [0.1, 0.15) is 12.5 Å². The molecule has 0 unspecified atom stereocenters. The smallest absolute Gasteiger partial charge is 0.236 e. The Labute approximate surface area is 131 Å². The highest BCUT2D eigenvalue weighted by atomic mass is 16.2. The molecule has 1 aliphatic rings. The normalized spacial score (nSPS) is 15.2. The lowest BCUT2D eigenvalue weighted by molar-refractivity contribution is -0.139. The van der Waals surface area contributed by atoms with Crippen LogP contribution >= 0.6 is 0 Å². The Morgan fingerprint density at radius 3 is 2.32 bits per heavy atom. The van der Waals surface area contributed by atoms with Gasteiger partial charge in [0.05, 0.1) is 6.54 Å². The fourth-order valence-electron chi connectivity index (χ4n) is 2.55. The molecule has 2 amide bonds. The van der Waals surface area contributed by atoms with Crippen molar-refractivity contribution >= 4 is 11.8 Å². The molecule has 1 saturated heterocycles. The number of hydrogen-bond donors (Lipinski definition) is 0. The maximum atomic E-state index is 12.3. The first-order valence-electron chi connectivity index (χ1n) is 7.67. The molecule has 0 spiro atoms. The van der Waals surface area contributed by atoms with Crippen molar-refractivity contribution in [2.24, 2.45) is 0 Å². The van der Waals surface area contributed by atoms with Gasteiger partial charge in [0.2, 0.25) is 11.8 Å². The monoisotopic (exact) mass is 304 g/mol. The average molecular weight is 304 g/mol. The highest BCUT2D eigenvalue weighted by molar-refractivity contribution is 5.79. The SMILES string of the molecule is CC(=O)N1CCN(C(=O)CN(C)CCc2ccncc2)CC1. The summed E-state index contributed by atoms with van der Waals surface area (Å²) in [5.41, 5.74) is 1.23. The molecule has 1 fully saturated rings. The lowest BCUT2D eigenvalue weighted by Crippen LogP contribution is -2.52. The van der Waals surface area contributed by atoms with Crippen LogP contribution in [0.5, 0.6) is 0 Å². The van der Waals surface area contributed by atoms with Crippen LogP contribution in [0.4, 0.5) is 0 Å². The minimum Gasteiger partial charge on any atom is -0.339 e. The summed E-state index contributed by atoms with van der Waals surface area (Å²) in [6.07, 6.45) is 4.48. The van der Waals surface area contributed by atoms with Gasteiger partial charge in [0.25, 0.3) is 0 Å². The van der Waals surface area contributed by atoms with Gasteiger partial charge < -0.3 is 9.80 Å². The molecule has 6 nitrogen and oxygen atoms in total. The number of rotatable bonds is 5. The minimum atomic E-state index is 0.0848. The molecule has 0 aromatic carbocycles. The largest absolute Gasteiger partial charge is 0.339 e. The van der Waals surface area contributed by atoms with Gasteiger partial charge in [-0.25, -0.2) is 0 Å². The van der Waals surface area contributed by atoms with Crippen molar-refractivity contribution < 1.29 is 9.59 Å². The molecular formula is C16H24N4O2. The predicted molar refractivity (Wildman–Crippen MR) is 84.3 cm³/mol. The van der Waals surface area contributed by atoms with E-state index in [2.05, 4.69) is 4.98 Å². The van der Waals surface area contributed by atoms with Gasteiger partial charge in [-0.1, -0.05) is 0 Å². The molecule has 1 aromatic heterocycles. The molecule has 22 heavy (non-hydrogen) atoms. The van der Waals surface area contributed by atoms with E-state index in [1.165, 1.54) is 5.56 Å². The number of pyridine rings is 1. The van der Waals surface area contributed by atoms with Gasteiger partial charge in [-0.2, -0.15) is 0 Å². The standard InChI is InChI=1S/C16H24N4O2/c1-14(21)19-9-11-20(12-10-19)16(22)13-18(2)8-5-15-3-6-17-7-4-15/h3-4,6-7H,5,8-13H2,1-2H3. The molecule has 0 radical (unpaired) electrons. The Balaban J connectivity index is 1.71. The quantitative estimate of drug-likeness (QED) is 0.782. The van der Waals surface area contributed by atoms with Crippen molar-refractivity contribution in [3.05, 3.63) is 30.1 Å². The molecule has 0 N–H and O–H groups in total. The van der Waals surface area contributed by atoms with E-state index in [0.717, 1.165) is 13.0 Å². The number of aromatic nitrogens is 1. The van der Waals surface area contributed by atoms with Gasteiger partial charge in [0.15, 0.2) is 0 Å². The first kappa shape index (κ1) is 16.4. The van der Waals surface area contributed by atoms with Crippen LogP contribution in [0.25, 0.3) is 0 Å². The molecule has 2 heterocycles. The zero-order chi connectivity index (χ0) is 15.9. The van der Waals surface area contributed by atoms with Gasteiger partial charge in [-0.05, 0) is 31.2 Å². The van der Waals surface area contributed by atoms with Crippen molar-refractivity contribution in [2.45, 2.75) is 13.3 Å². The molecule has 0 atom stereocenters. The number of carbonyl (C=O) groups is 2. The zero-order valence-corrected chi connectivity index (χ0v) is 13.4. The summed E-state index contributed by atoms with van der Waals surface area (Å²) < 4.78 is 0. The van der Waals surface area contributed by atoms with Crippen molar-refractivity contribution in [3.63, 3.8) is 0 Å². The van der Waals surface area contributed by atoms with Crippen molar-refractivity contribution in [1.29, 1.82) is 0 Å². The minimum absolute atomic E-state index is 0.0848. The average Bonchev–Trinajstić information content (AvgIpc) is 2.54. The molecule has 0 saturated carbocycles. The Morgan fingerprint density at radius 2 is 1.73 bits per heavy atom. The predicted octanol–water partition coefficient (Wildman–Crippen LogP) is 0.247. The maximum Gasteiger partial charge on any atom is 0.236 e. The van der Waals surface area contributed by atoms with E-state index in [0.29, 0.717) is 32.7 Å². The zero-order valence-electron chi connectivity index (χ0n) is 13.4. The number of likely N-dealkylation sites (N-methyl/N-ethyl adjacent to an activating group) is 1. The van der Waals surface area contributed by atoms with Gasteiger partial charge in [-0.15, -0.1) is 0 Å². The van der Waals surface area contributed by atoms with E-state index in [-0.39, 0.29) is 11.8 Å². The van der Waals surface area contributed by atoms with Crippen LogP contribution in [0.2, 0.25) is 0 Å². The van der Waals surface area contributed by atoms with E-state index < -0.39 is 0 Å². The lowest BCUT2D eigenvalue weighted by atomic mass is 10.2. The highest BCUT2D eigenvalue weighted by Gasteiger charge is 2.22. The fourth-order valence-corrected chi connectivity index (χ4v) is 2.55. The second kappa shape index (κ2) is 7.89. The first-order chi connectivity index (χ1) is 10.6. The van der Waals surface area contributed by atoms with Gasteiger partial charge in [-0.3, -0.25) is 19.5 Å². The summed E-state index contributed by atoms with van der Waals surface area (Å²) in [5, 5.41) is 0. The molecule has 120 valence electrons. The molecule has 0 aliphatic carbocycles. The molecule has 6 heteroatoms. The molecule has 2 rings (SSSR count). The van der Waals surface area contributed by atoms with E-state index in [4.69, 9.17) is 0 Å². The van der Waals surface area contributed by atoms with Crippen molar-refractivity contribution in [3.8, 4) is 0 Å². The van der Waals surface area contributed by atoms with Crippen LogP contribution in [0.3, 0.4) is 0 Å². The van der Waals surface area contributed by atoms with Crippen LogP contribution in [0, 0.1) is 0 Å². The highest BCUT2D eigenvalue weighted by Crippen LogP contribution is 2.04. The maximum absolute atomic E-state index is 12.3. The molecule has 1 aromatic rings. The first-order valence-corrected chi connectivity index (χ1v) is 7.67. The van der Waals surface area contributed by atoms with Crippen molar-refractivity contribution in [2.75, 3.05) is 46.3 Å². The van der Waals surface area contributed by atoms with Crippen LogP contribution in [-0.2, 0) is 16.0 Å². The van der Waals surface area contributed by atoms with E-state index >= 15 is 0 Å². The number of nitrogens with zero attached hydrogens (tertiary/aromatic N) is 4. The summed E-state index contributed by atoms with van der Waals surface area (Å²) in [4.78, 5) is 33.2. The summed E-state index contributed by atoms with van der Waals surface area (Å²) in [6.45, 7) is 5.38. The van der Waals surface area contributed by atoms with Crippen LogP contribution in [0.15, 0.2) is 24.5 Å². The van der Waals surface area contributed by atoms with Gasteiger partial charge in [0.1, 0.15) is 0 Å². The van der Waals surface area contributed by atoms with Crippen molar-refractivity contribution in [1.82, 2.24) is 19.7 Å². The molecule has 1 aliphatic heterocycles. The third kappa shape index (κ3) is 4.80. The summed E-state index contributed by atoms with van der Waals surface area (Å²) >= 11 is 0. The fraction of sp³-hybridized carbons (Fsp3) is 0.562. The van der Waals surface area contributed by atoms with Crippen LogP contribution in [-0.4, -0.2) is 77.8 Å². The number of hydrogen-bond acceptors (Lipinski definition) is 4.